The number of sulfonamides is 1. The van der Waals surface area contributed by atoms with Crippen LogP contribution in [0.1, 0.15) is 45.2 Å². The molecule has 0 saturated heterocycles. The summed E-state index contributed by atoms with van der Waals surface area (Å²) in [6.07, 6.45) is 2.43. The minimum Gasteiger partial charge on any atom is -0.352 e. The molecule has 7 nitrogen and oxygen atoms in total. The molecule has 34 heavy (non-hydrogen) atoms. The van der Waals surface area contributed by atoms with Gasteiger partial charge in [-0.1, -0.05) is 55.8 Å². The molecule has 186 valence electrons. The van der Waals surface area contributed by atoms with Gasteiger partial charge in [-0.25, -0.2) is 8.42 Å². The average Bonchev–Trinajstić information content (AvgIpc) is 2.79. The summed E-state index contributed by atoms with van der Waals surface area (Å²) in [7, 11) is -3.76. The number of para-hydroxylation sites is 1. The van der Waals surface area contributed by atoms with Crippen molar-refractivity contribution in [2.45, 2.75) is 59.2 Å². The Morgan fingerprint density at radius 1 is 1.06 bits per heavy atom. The van der Waals surface area contributed by atoms with Crippen LogP contribution in [-0.4, -0.2) is 50.0 Å². The molecule has 9 heteroatoms. The van der Waals surface area contributed by atoms with Crippen LogP contribution in [0.15, 0.2) is 48.5 Å². The number of halogens is 1. The van der Waals surface area contributed by atoms with E-state index in [-0.39, 0.29) is 18.5 Å². The fourth-order valence-electron chi connectivity index (χ4n) is 3.53. The van der Waals surface area contributed by atoms with Crippen molar-refractivity contribution in [3.8, 4) is 0 Å². The number of aryl methyl sites for hydroxylation is 1. The van der Waals surface area contributed by atoms with Crippen molar-refractivity contribution in [3.63, 3.8) is 0 Å². The molecule has 2 aromatic carbocycles. The Labute approximate surface area is 208 Å². The van der Waals surface area contributed by atoms with Gasteiger partial charge in [-0.05, 0) is 56.0 Å². The van der Waals surface area contributed by atoms with E-state index >= 15 is 0 Å². The van der Waals surface area contributed by atoms with Crippen LogP contribution in [0.2, 0.25) is 5.02 Å². The maximum Gasteiger partial charge on any atom is 0.244 e. The predicted molar refractivity (Wildman–Crippen MR) is 137 cm³/mol. The van der Waals surface area contributed by atoms with Gasteiger partial charge in [0.2, 0.25) is 21.8 Å². The van der Waals surface area contributed by atoms with Crippen LogP contribution in [-0.2, 0) is 32.6 Å². The monoisotopic (exact) mass is 507 g/mol. The summed E-state index contributed by atoms with van der Waals surface area (Å²) in [4.78, 5) is 27.9. The van der Waals surface area contributed by atoms with Gasteiger partial charge in [0, 0.05) is 17.6 Å². The number of hydrogen-bond donors (Lipinski definition) is 1. The van der Waals surface area contributed by atoms with Crippen molar-refractivity contribution in [2.75, 3.05) is 17.1 Å². The number of carbonyl (C=O) groups excluding carboxylic acids is 2. The third kappa shape index (κ3) is 7.46. The molecule has 2 atom stereocenters. The minimum absolute atomic E-state index is 0.0537. The normalized spacial score (nSPS) is 13.1. The van der Waals surface area contributed by atoms with E-state index in [2.05, 4.69) is 5.32 Å². The molecule has 0 saturated carbocycles. The highest BCUT2D eigenvalue weighted by Gasteiger charge is 2.31. The Morgan fingerprint density at radius 3 is 2.32 bits per heavy atom. The van der Waals surface area contributed by atoms with Gasteiger partial charge < -0.3 is 10.2 Å². The molecule has 0 heterocycles. The van der Waals surface area contributed by atoms with E-state index in [9.17, 15) is 18.0 Å². The summed E-state index contributed by atoms with van der Waals surface area (Å²) in [5.41, 5.74) is 2.01. The second-order valence-corrected chi connectivity index (χ2v) is 10.7. The standard InChI is InChI=1S/C25H34ClN3O4S/c1-6-18(3)27-25(31)19(4)28(16-20-11-10-13-22(26)15-20)24(30)17-29(34(5,32)33)23-14-9-8-12-21(23)7-2/h8-15,18-19H,6-7,16-17H2,1-5H3,(H,27,31)/t18-,19+/m0/s1. The molecule has 0 aliphatic heterocycles. The van der Waals surface area contributed by atoms with E-state index in [0.717, 1.165) is 28.1 Å². The van der Waals surface area contributed by atoms with Gasteiger partial charge in [-0.3, -0.25) is 13.9 Å². The molecule has 0 unspecified atom stereocenters. The second-order valence-electron chi connectivity index (χ2n) is 8.40. The van der Waals surface area contributed by atoms with E-state index in [4.69, 9.17) is 11.6 Å². The van der Waals surface area contributed by atoms with E-state index < -0.39 is 28.5 Å². The number of carbonyl (C=O) groups is 2. The van der Waals surface area contributed by atoms with Crippen LogP contribution in [0.25, 0.3) is 0 Å². The highest BCUT2D eigenvalue weighted by atomic mass is 35.5. The molecule has 0 spiro atoms. The number of rotatable bonds is 11. The number of anilines is 1. The highest BCUT2D eigenvalue weighted by Crippen LogP contribution is 2.24. The lowest BCUT2D eigenvalue weighted by Gasteiger charge is -2.32. The third-order valence-electron chi connectivity index (χ3n) is 5.73. The zero-order chi connectivity index (χ0) is 25.5. The van der Waals surface area contributed by atoms with Crippen LogP contribution in [0.4, 0.5) is 5.69 Å². The van der Waals surface area contributed by atoms with Crippen LogP contribution >= 0.6 is 11.6 Å². The first-order valence-electron chi connectivity index (χ1n) is 11.4. The summed E-state index contributed by atoms with van der Waals surface area (Å²) in [5.74, 6) is -0.785. The summed E-state index contributed by atoms with van der Waals surface area (Å²) in [6.45, 7) is 7.11. The maximum atomic E-state index is 13.6. The molecule has 0 fully saturated rings. The number of amides is 2. The Bertz CT molecular complexity index is 1110. The average molecular weight is 508 g/mol. The topological polar surface area (TPSA) is 86.8 Å². The number of hydrogen-bond acceptors (Lipinski definition) is 4. The van der Waals surface area contributed by atoms with Gasteiger partial charge in [0.05, 0.1) is 11.9 Å². The van der Waals surface area contributed by atoms with E-state index in [1.54, 1.807) is 37.3 Å². The summed E-state index contributed by atoms with van der Waals surface area (Å²) < 4.78 is 26.5. The summed E-state index contributed by atoms with van der Waals surface area (Å²) in [5, 5.41) is 3.41. The molecule has 0 bridgehead atoms. The van der Waals surface area contributed by atoms with Crippen LogP contribution < -0.4 is 9.62 Å². The molecular weight excluding hydrogens is 474 g/mol. The Kier molecular flexibility index (Phi) is 9.94. The van der Waals surface area contributed by atoms with Gasteiger partial charge in [0.25, 0.3) is 0 Å². The first-order valence-corrected chi connectivity index (χ1v) is 13.6. The molecule has 0 aliphatic rings. The largest absolute Gasteiger partial charge is 0.352 e. The van der Waals surface area contributed by atoms with Crippen LogP contribution in [0, 0.1) is 0 Å². The first-order chi connectivity index (χ1) is 16.0. The molecule has 1 N–H and O–H groups in total. The van der Waals surface area contributed by atoms with Crippen LogP contribution in [0.3, 0.4) is 0 Å². The van der Waals surface area contributed by atoms with Crippen molar-refractivity contribution in [1.82, 2.24) is 10.2 Å². The zero-order valence-corrected chi connectivity index (χ0v) is 22.0. The quantitative estimate of drug-likeness (QED) is 0.498. The fourth-order valence-corrected chi connectivity index (χ4v) is 4.62. The summed E-state index contributed by atoms with van der Waals surface area (Å²) in [6, 6.07) is 13.3. The van der Waals surface area contributed by atoms with Gasteiger partial charge in [-0.2, -0.15) is 0 Å². The lowest BCUT2D eigenvalue weighted by Crippen LogP contribution is -2.52. The number of benzene rings is 2. The third-order valence-corrected chi connectivity index (χ3v) is 7.09. The molecule has 0 aliphatic carbocycles. The fraction of sp³-hybridized carbons (Fsp3) is 0.440. The molecule has 2 rings (SSSR count). The van der Waals surface area contributed by atoms with Gasteiger partial charge in [0.15, 0.2) is 0 Å². The molecular formula is C25H34ClN3O4S. The Balaban J connectivity index is 2.42. The SMILES string of the molecule is CCc1ccccc1N(CC(=O)N(Cc1cccc(Cl)c1)[C@H](C)C(=O)N[C@@H](C)CC)S(C)(=O)=O. The van der Waals surface area contributed by atoms with Gasteiger partial charge >= 0.3 is 0 Å². The highest BCUT2D eigenvalue weighted by molar-refractivity contribution is 7.92. The number of nitrogens with zero attached hydrogens (tertiary/aromatic N) is 2. The summed E-state index contributed by atoms with van der Waals surface area (Å²) >= 11 is 6.12. The van der Waals surface area contributed by atoms with E-state index in [1.807, 2.05) is 39.0 Å². The second kappa shape index (κ2) is 12.2. The number of nitrogens with one attached hydrogen (secondary N) is 1. The van der Waals surface area contributed by atoms with E-state index in [0.29, 0.717) is 17.1 Å². The van der Waals surface area contributed by atoms with Crippen LogP contribution in [0.5, 0.6) is 0 Å². The van der Waals surface area contributed by atoms with Crippen molar-refractivity contribution < 1.29 is 18.0 Å². The minimum atomic E-state index is -3.76. The lowest BCUT2D eigenvalue weighted by atomic mass is 10.1. The smallest absolute Gasteiger partial charge is 0.244 e. The zero-order valence-electron chi connectivity index (χ0n) is 20.4. The first kappa shape index (κ1) is 27.7. The van der Waals surface area contributed by atoms with Crippen molar-refractivity contribution in [3.05, 3.63) is 64.7 Å². The predicted octanol–water partition coefficient (Wildman–Crippen LogP) is 4.00. The van der Waals surface area contributed by atoms with Crippen molar-refractivity contribution in [2.24, 2.45) is 0 Å². The van der Waals surface area contributed by atoms with E-state index in [1.165, 1.54) is 4.90 Å². The molecule has 2 aromatic rings. The lowest BCUT2D eigenvalue weighted by molar-refractivity contribution is -0.139. The van der Waals surface area contributed by atoms with Gasteiger partial charge in [0.1, 0.15) is 12.6 Å². The maximum absolute atomic E-state index is 13.6. The molecule has 2 amide bonds. The van der Waals surface area contributed by atoms with Crippen molar-refractivity contribution >= 4 is 39.1 Å². The van der Waals surface area contributed by atoms with Gasteiger partial charge in [-0.15, -0.1) is 0 Å². The Hall–Kier alpha value is -2.58. The Morgan fingerprint density at radius 2 is 1.74 bits per heavy atom. The molecule has 0 radical (unpaired) electrons. The van der Waals surface area contributed by atoms with Crippen molar-refractivity contribution in [1.29, 1.82) is 0 Å². The molecule has 0 aromatic heterocycles.